The summed E-state index contributed by atoms with van der Waals surface area (Å²) < 4.78 is 24.5. The average Bonchev–Trinajstić information content (AvgIpc) is 2.46. The fraction of sp³-hybridized carbons (Fsp3) is 0.200. The van der Waals surface area contributed by atoms with Crippen LogP contribution in [0.4, 0.5) is 10.1 Å². The van der Waals surface area contributed by atoms with Gasteiger partial charge in [0.25, 0.3) is 0 Å². The van der Waals surface area contributed by atoms with Gasteiger partial charge in [-0.3, -0.25) is 10.1 Å². The third kappa shape index (κ3) is 3.68. The number of halogens is 1. The Balaban J connectivity index is 2.10. The summed E-state index contributed by atoms with van der Waals surface area (Å²) in [7, 11) is 0. The van der Waals surface area contributed by atoms with Gasteiger partial charge in [0.2, 0.25) is 5.82 Å². The highest BCUT2D eigenvalue weighted by atomic mass is 19.1. The van der Waals surface area contributed by atoms with Crippen molar-refractivity contribution in [3.8, 4) is 11.5 Å². The standard InChI is InChI=1S/C15H14FNO4/c1-2-20-14-5-3-4-6-15(14)21-10-11-7-8-13(17(18)19)12(16)9-11/h3-9H,2,10H2,1H3. The summed E-state index contributed by atoms with van der Waals surface area (Å²) in [6.45, 7) is 2.47. The van der Waals surface area contributed by atoms with Gasteiger partial charge in [-0.05, 0) is 36.8 Å². The zero-order chi connectivity index (χ0) is 15.2. The van der Waals surface area contributed by atoms with Crippen LogP contribution in [0.1, 0.15) is 12.5 Å². The number of nitrogens with zero attached hydrogens (tertiary/aromatic N) is 1. The minimum Gasteiger partial charge on any atom is -0.490 e. The highest BCUT2D eigenvalue weighted by Gasteiger charge is 2.14. The first kappa shape index (κ1) is 14.8. The third-order valence-corrected chi connectivity index (χ3v) is 2.75. The van der Waals surface area contributed by atoms with Crippen LogP contribution >= 0.6 is 0 Å². The molecule has 6 heteroatoms. The molecule has 2 aromatic rings. The fourth-order valence-corrected chi connectivity index (χ4v) is 1.79. The Kier molecular flexibility index (Phi) is 4.71. The maximum atomic E-state index is 13.5. The number of nitro groups is 1. The molecule has 2 aromatic carbocycles. The molecule has 110 valence electrons. The molecule has 0 heterocycles. The Morgan fingerprint density at radius 3 is 2.38 bits per heavy atom. The first-order valence-electron chi connectivity index (χ1n) is 6.39. The van der Waals surface area contributed by atoms with Crippen LogP contribution in [0.25, 0.3) is 0 Å². The molecule has 0 bridgehead atoms. The molecule has 0 unspecified atom stereocenters. The Morgan fingerprint density at radius 2 is 1.81 bits per heavy atom. The van der Waals surface area contributed by atoms with Crippen molar-refractivity contribution in [1.82, 2.24) is 0 Å². The van der Waals surface area contributed by atoms with E-state index < -0.39 is 16.4 Å². The second-order valence-corrected chi connectivity index (χ2v) is 4.21. The van der Waals surface area contributed by atoms with Crippen LogP contribution in [-0.4, -0.2) is 11.5 Å². The maximum absolute atomic E-state index is 13.5. The predicted octanol–water partition coefficient (Wildman–Crippen LogP) is 3.71. The molecule has 0 saturated heterocycles. The van der Waals surface area contributed by atoms with E-state index in [0.717, 1.165) is 12.1 Å². The minimum atomic E-state index is -0.876. The molecule has 0 N–H and O–H groups in total. The molecule has 0 radical (unpaired) electrons. The van der Waals surface area contributed by atoms with Crippen molar-refractivity contribution in [3.05, 3.63) is 64.0 Å². The van der Waals surface area contributed by atoms with E-state index in [9.17, 15) is 14.5 Å². The lowest BCUT2D eigenvalue weighted by Gasteiger charge is -2.11. The molecule has 0 aliphatic carbocycles. The molecular formula is C15H14FNO4. The van der Waals surface area contributed by atoms with Crippen molar-refractivity contribution in [3.63, 3.8) is 0 Å². The molecule has 0 amide bonds. The molecule has 0 fully saturated rings. The Labute approximate surface area is 121 Å². The lowest BCUT2D eigenvalue weighted by atomic mass is 10.2. The van der Waals surface area contributed by atoms with Gasteiger partial charge in [0, 0.05) is 6.07 Å². The van der Waals surface area contributed by atoms with Crippen LogP contribution in [0, 0.1) is 15.9 Å². The van der Waals surface area contributed by atoms with Gasteiger partial charge in [0.1, 0.15) is 6.61 Å². The van der Waals surface area contributed by atoms with Gasteiger partial charge in [-0.1, -0.05) is 12.1 Å². The van der Waals surface area contributed by atoms with Crippen molar-refractivity contribution < 1.29 is 18.8 Å². The third-order valence-electron chi connectivity index (χ3n) is 2.75. The topological polar surface area (TPSA) is 61.6 Å². The van der Waals surface area contributed by atoms with E-state index in [1.807, 2.05) is 13.0 Å². The number of hydrogen-bond acceptors (Lipinski definition) is 4. The van der Waals surface area contributed by atoms with Crippen LogP contribution in [0.3, 0.4) is 0 Å². The lowest BCUT2D eigenvalue weighted by molar-refractivity contribution is -0.387. The van der Waals surface area contributed by atoms with E-state index in [-0.39, 0.29) is 6.61 Å². The van der Waals surface area contributed by atoms with Crippen molar-refractivity contribution in [2.45, 2.75) is 13.5 Å². The summed E-state index contributed by atoms with van der Waals surface area (Å²) in [5.74, 6) is 0.264. The van der Waals surface area contributed by atoms with Gasteiger partial charge in [-0.2, -0.15) is 4.39 Å². The van der Waals surface area contributed by atoms with Gasteiger partial charge < -0.3 is 9.47 Å². The van der Waals surface area contributed by atoms with E-state index in [0.29, 0.717) is 23.7 Å². The van der Waals surface area contributed by atoms with Gasteiger partial charge in [-0.25, -0.2) is 0 Å². The van der Waals surface area contributed by atoms with E-state index in [1.54, 1.807) is 18.2 Å². The van der Waals surface area contributed by atoms with Gasteiger partial charge in [0.05, 0.1) is 11.5 Å². The van der Waals surface area contributed by atoms with Crippen LogP contribution in [-0.2, 0) is 6.61 Å². The number of benzene rings is 2. The number of nitro benzene ring substituents is 1. The number of hydrogen-bond donors (Lipinski definition) is 0. The molecule has 0 aliphatic rings. The summed E-state index contributed by atoms with van der Waals surface area (Å²) in [4.78, 5) is 9.79. The average molecular weight is 291 g/mol. The predicted molar refractivity (Wildman–Crippen MR) is 75.0 cm³/mol. The lowest BCUT2D eigenvalue weighted by Crippen LogP contribution is -2.00. The summed E-state index contributed by atoms with van der Waals surface area (Å²) in [6, 6.07) is 10.8. The van der Waals surface area contributed by atoms with E-state index in [4.69, 9.17) is 9.47 Å². The molecule has 2 rings (SSSR count). The zero-order valence-corrected chi connectivity index (χ0v) is 11.4. The van der Waals surface area contributed by atoms with Crippen LogP contribution < -0.4 is 9.47 Å². The molecule has 0 spiro atoms. The van der Waals surface area contributed by atoms with Crippen molar-refractivity contribution in [1.29, 1.82) is 0 Å². The van der Waals surface area contributed by atoms with Crippen LogP contribution in [0.15, 0.2) is 42.5 Å². The zero-order valence-electron chi connectivity index (χ0n) is 11.4. The second-order valence-electron chi connectivity index (χ2n) is 4.21. The molecule has 0 atom stereocenters. The fourth-order valence-electron chi connectivity index (χ4n) is 1.79. The molecule has 0 aromatic heterocycles. The molecule has 0 saturated carbocycles. The Morgan fingerprint density at radius 1 is 1.14 bits per heavy atom. The normalized spacial score (nSPS) is 10.2. The van der Waals surface area contributed by atoms with Gasteiger partial charge in [-0.15, -0.1) is 0 Å². The SMILES string of the molecule is CCOc1ccccc1OCc1ccc([N+](=O)[O-])c(F)c1. The number of ether oxygens (including phenoxy) is 2. The highest BCUT2D eigenvalue weighted by Crippen LogP contribution is 2.27. The Bertz CT molecular complexity index is 645. The summed E-state index contributed by atoms with van der Waals surface area (Å²) in [5.41, 5.74) is -0.0436. The number of rotatable bonds is 6. The highest BCUT2D eigenvalue weighted by molar-refractivity contribution is 5.40. The maximum Gasteiger partial charge on any atom is 0.304 e. The number of para-hydroxylation sites is 2. The molecular weight excluding hydrogens is 277 g/mol. The van der Waals surface area contributed by atoms with E-state index >= 15 is 0 Å². The first-order valence-corrected chi connectivity index (χ1v) is 6.39. The van der Waals surface area contributed by atoms with Crippen molar-refractivity contribution >= 4 is 5.69 Å². The van der Waals surface area contributed by atoms with Gasteiger partial charge in [0.15, 0.2) is 11.5 Å². The summed E-state index contributed by atoms with van der Waals surface area (Å²) in [6.07, 6.45) is 0. The molecule has 0 aliphatic heterocycles. The summed E-state index contributed by atoms with van der Waals surface area (Å²) in [5, 5.41) is 10.5. The first-order chi connectivity index (χ1) is 10.1. The quantitative estimate of drug-likeness (QED) is 0.601. The Hall–Kier alpha value is -2.63. The monoisotopic (exact) mass is 291 g/mol. The molecule has 5 nitrogen and oxygen atoms in total. The van der Waals surface area contributed by atoms with E-state index in [2.05, 4.69) is 0 Å². The minimum absolute atomic E-state index is 0.0962. The van der Waals surface area contributed by atoms with Crippen LogP contribution in [0.5, 0.6) is 11.5 Å². The second kappa shape index (κ2) is 6.69. The van der Waals surface area contributed by atoms with Crippen molar-refractivity contribution in [2.24, 2.45) is 0 Å². The van der Waals surface area contributed by atoms with E-state index in [1.165, 1.54) is 6.07 Å². The van der Waals surface area contributed by atoms with Gasteiger partial charge >= 0.3 is 5.69 Å². The summed E-state index contributed by atoms with van der Waals surface area (Å²) >= 11 is 0. The van der Waals surface area contributed by atoms with Crippen molar-refractivity contribution in [2.75, 3.05) is 6.61 Å². The van der Waals surface area contributed by atoms with Crippen LogP contribution in [0.2, 0.25) is 0 Å². The largest absolute Gasteiger partial charge is 0.490 e. The smallest absolute Gasteiger partial charge is 0.304 e. The molecule has 21 heavy (non-hydrogen) atoms.